The summed E-state index contributed by atoms with van der Waals surface area (Å²) in [6.45, 7) is 6.30. The number of aromatic nitrogens is 1. The number of pyridine rings is 1. The number of hydrogen-bond donors (Lipinski definition) is 2. The van der Waals surface area contributed by atoms with Crippen LogP contribution < -0.4 is 10.6 Å². The second-order valence-corrected chi connectivity index (χ2v) is 11.2. The van der Waals surface area contributed by atoms with Crippen molar-refractivity contribution in [2.24, 2.45) is 0 Å². The van der Waals surface area contributed by atoms with E-state index in [1.165, 1.54) is 18.2 Å². The molecule has 41 heavy (non-hydrogen) atoms. The molecule has 11 heteroatoms. The van der Waals surface area contributed by atoms with Crippen LogP contribution in [0.15, 0.2) is 72.4 Å². The van der Waals surface area contributed by atoms with Crippen LogP contribution in [0, 0.1) is 0 Å². The number of halogens is 4. The van der Waals surface area contributed by atoms with E-state index in [1.54, 1.807) is 35.9 Å². The molecule has 0 atom stereocenters. The van der Waals surface area contributed by atoms with Gasteiger partial charge in [0, 0.05) is 71.3 Å². The normalized spacial score (nSPS) is 14.7. The molecule has 214 valence electrons. The molecule has 1 amide bonds. The number of carbonyl (C=O) groups excluding carboxylic acids is 1. The van der Waals surface area contributed by atoms with Crippen LogP contribution in [0.25, 0.3) is 10.4 Å². The highest BCUT2D eigenvalue weighted by Crippen LogP contribution is 2.35. The van der Waals surface area contributed by atoms with Crippen molar-refractivity contribution in [1.29, 1.82) is 0 Å². The summed E-state index contributed by atoms with van der Waals surface area (Å²) in [5, 5.41) is 8.10. The zero-order chi connectivity index (χ0) is 29.0. The molecule has 2 aromatic heterocycles. The minimum atomic E-state index is -4.56. The standard InChI is InChI=1S/C30H29ClF3N5OS/c1-2-38-7-9-39(10-8-38)19-20-5-6-24(16-27(20)30(32,33)34)37-29(40)21-12-23(31)15-25(13-21)36-26-14-22(17-35-18-26)28-4-3-11-41-28/h3-6,11-18,36H,2,7-10,19H2,1H3,(H,37,40). The van der Waals surface area contributed by atoms with E-state index in [0.717, 1.165) is 36.1 Å². The molecular formula is C30H29ClF3N5OS. The van der Waals surface area contributed by atoms with Crippen molar-refractivity contribution >= 4 is 45.9 Å². The fourth-order valence-electron chi connectivity index (χ4n) is 4.81. The second kappa shape index (κ2) is 12.6. The third-order valence-corrected chi connectivity index (χ3v) is 8.11. The molecule has 3 heterocycles. The lowest BCUT2D eigenvalue weighted by molar-refractivity contribution is -0.138. The minimum Gasteiger partial charge on any atom is -0.354 e. The molecule has 2 aromatic carbocycles. The molecule has 0 bridgehead atoms. The van der Waals surface area contributed by atoms with Crippen LogP contribution in [0.4, 0.5) is 30.2 Å². The maximum Gasteiger partial charge on any atom is 0.416 e. The summed E-state index contributed by atoms with van der Waals surface area (Å²) in [6.07, 6.45) is -1.14. The van der Waals surface area contributed by atoms with Gasteiger partial charge in [-0.1, -0.05) is 30.7 Å². The lowest BCUT2D eigenvalue weighted by Crippen LogP contribution is -2.45. The van der Waals surface area contributed by atoms with E-state index < -0.39 is 17.6 Å². The molecule has 0 radical (unpaired) electrons. The van der Waals surface area contributed by atoms with Crippen molar-refractivity contribution in [2.45, 2.75) is 19.6 Å². The highest BCUT2D eigenvalue weighted by Gasteiger charge is 2.34. The average molecular weight is 600 g/mol. The zero-order valence-electron chi connectivity index (χ0n) is 22.3. The molecule has 0 saturated carbocycles. The number of thiophene rings is 1. The number of hydrogen-bond acceptors (Lipinski definition) is 6. The molecule has 5 rings (SSSR count). The Balaban J connectivity index is 1.31. The van der Waals surface area contributed by atoms with Gasteiger partial charge in [-0.2, -0.15) is 13.2 Å². The maximum atomic E-state index is 14.0. The highest BCUT2D eigenvalue weighted by molar-refractivity contribution is 7.13. The number of nitrogens with one attached hydrogen (secondary N) is 2. The lowest BCUT2D eigenvalue weighted by atomic mass is 10.0. The summed E-state index contributed by atoms with van der Waals surface area (Å²) in [5.74, 6) is -0.572. The van der Waals surface area contributed by atoms with Crippen LogP contribution in [-0.4, -0.2) is 53.4 Å². The number of alkyl halides is 3. The number of carbonyl (C=O) groups is 1. The Kier molecular flexibility index (Phi) is 8.94. The van der Waals surface area contributed by atoms with Gasteiger partial charge in [0.05, 0.1) is 17.4 Å². The Hall–Kier alpha value is -3.44. The van der Waals surface area contributed by atoms with E-state index in [1.807, 2.05) is 28.5 Å². The van der Waals surface area contributed by atoms with Crippen molar-refractivity contribution in [3.63, 3.8) is 0 Å². The number of rotatable bonds is 8. The van der Waals surface area contributed by atoms with Crippen LogP contribution >= 0.6 is 22.9 Å². The van der Waals surface area contributed by atoms with E-state index in [9.17, 15) is 18.0 Å². The number of nitrogens with zero attached hydrogens (tertiary/aromatic N) is 3. The molecule has 1 aliphatic heterocycles. The van der Waals surface area contributed by atoms with E-state index in [4.69, 9.17) is 11.6 Å². The molecule has 1 fully saturated rings. The quantitative estimate of drug-likeness (QED) is 0.218. The van der Waals surface area contributed by atoms with Crippen LogP contribution in [-0.2, 0) is 12.7 Å². The largest absolute Gasteiger partial charge is 0.416 e. The zero-order valence-corrected chi connectivity index (χ0v) is 23.9. The van der Waals surface area contributed by atoms with E-state index in [2.05, 4.69) is 27.4 Å². The van der Waals surface area contributed by atoms with Crippen LogP contribution in [0.5, 0.6) is 0 Å². The molecule has 2 N–H and O–H groups in total. The summed E-state index contributed by atoms with van der Waals surface area (Å²) in [6, 6.07) is 14.6. The average Bonchev–Trinajstić information content (AvgIpc) is 3.49. The predicted molar refractivity (Wildman–Crippen MR) is 159 cm³/mol. The summed E-state index contributed by atoms with van der Waals surface area (Å²) in [4.78, 5) is 22.8. The third-order valence-electron chi connectivity index (χ3n) is 6.97. The first-order chi connectivity index (χ1) is 19.7. The van der Waals surface area contributed by atoms with Crippen LogP contribution in [0.2, 0.25) is 5.02 Å². The van der Waals surface area contributed by atoms with Gasteiger partial charge in [0.25, 0.3) is 5.91 Å². The number of amides is 1. The van der Waals surface area contributed by atoms with E-state index >= 15 is 0 Å². The Morgan fingerprint density at radius 3 is 2.46 bits per heavy atom. The lowest BCUT2D eigenvalue weighted by Gasteiger charge is -2.34. The molecule has 1 aliphatic rings. The number of piperazine rings is 1. The molecule has 0 spiro atoms. The van der Waals surface area contributed by atoms with Crippen molar-refractivity contribution in [3.8, 4) is 10.4 Å². The van der Waals surface area contributed by atoms with Gasteiger partial charge in [0.1, 0.15) is 0 Å². The van der Waals surface area contributed by atoms with Crippen molar-refractivity contribution in [1.82, 2.24) is 14.8 Å². The monoisotopic (exact) mass is 599 g/mol. The fourth-order valence-corrected chi connectivity index (χ4v) is 5.75. The number of likely N-dealkylation sites (N-methyl/N-ethyl adjacent to an activating group) is 1. The SMILES string of the molecule is CCN1CCN(Cc2ccc(NC(=O)c3cc(Cl)cc(Nc4cncc(-c5cccs5)c4)c3)cc2C(F)(F)F)CC1. The first-order valence-electron chi connectivity index (χ1n) is 13.2. The van der Waals surface area contributed by atoms with Gasteiger partial charge in [-0.25, -0.2) is 0 Å². The van der Waals surface area contributed by atoms with E-state index in [0.29, 0.717) is 29.5 Å². The predicted octanol–water partition coefficient (Wildman–Crippen LogP) is 7.62. The Labute approximate surface area is 245 Å². The summed E-state index contributed by atoms with van der Waals surface area (Å²) >= 11 is 7.90. The molecule has 1 saturated heterocycles. The van der Waals surface area contributed by atoms with Gasteiger partial charge in [-0.3, -0.25) is 14.7 Å². The van der Waals surface area contributed by atoms with Gasteiger partial charge < -0.3 is 15.5 Å². The smallest absolute Gasteiger partial charge is 0.354 e. The molecule has 0 unspecified atom stereocenters. The number of anilines is 3. The first kappa shape index (κ1) is 29.1. The number of benzene rings is 2. The fraction of sp³-hybridized carbons (Fsp3) is 0.267. The van der Waals surface area contributed by atoms with Crippen molar-refractivity contribution in [3.05, 3.63) is 94.1 Å². The molecule has 6 nitrogen and oxygen atoms in total. The van der Waals surface area contributed by atoms with Crippen LogP contribution in [0.3, 0.4) is 0 Å². The van der Waals surface area contributed by atoms with Gasteiger partial charge in [-0.05, 0) is 60.0 Å². The summed E-state index contributed by atoms with van der Waals surface area (Å²) < 4.78 is 42.1. The summed E-state index contributed by atoms with van der Waals surface area (Å²) in [5.41, 5.74) is 1.89. The maximum absolute atomic E-state index is 14.0. The molecule has 4 aromatic rings. The minimum absolute atomic E-state index is 0.0595. The topological polar surface area (TPSA) is 60.5 Å². The second-order valence-electron chi connectivity index (χ2n) is 9.83. The van der Waals surface area contributed by atoms with Gasteiger partial charge >= 0.3 is 6.18 Å². The summed E-state index contributed by atoms with van der Waals surface area (Å²) in [7, 11) is 0. The highest BCUT2D eigenvalue weighted by atomic mass is 35.5. The third kappa shape index (κ3) is 7.45. The first-order valence-corrected chi connectivity index (χ1v) is 14.5. The van der Waals surface area contributed by atoms with Gasteiger partial charge in [0.15, 0.2) is 0 Å². The van der Waals surface area contributed by atoms with E-state index in [-0.39, 0.29) is 23.4 Å². The molecular weight excluding hydrogens is 571 g/mol. The van der Waals surface area contributed by atoms with Crippen molar-refractivity contribution < 1.29 is 18.0 Å². The Morgan fingerprint density at radius 2 is 1.76 bits per heavy atom. The van der Waals surface area contributed by atoms with Crippen molar-refractivity contribution in [2.75, 3.05) is 43.4 Å². The Bertz CT molecular complexity index is 1500. The van der Waals surface area contributed by atoms with Gasteiger partial charge in [0.2, 0.25) is 0 Å². The Morgan fingerprint density at radius 1 is 0.976 bits per heavy atom. The van der Waals surface area contributed by atoms with Crippen LogP contribution in [0.1, 0.15) is 28.4 Å². The molecule has 0 aliphatic carbocycles. The van der Waals surface area contributed by atoms with Gasteiger partial charge in [-0.15, -0.1) is 11.3 Å².